The van der Waals surface area contributed by atoms with Gasteiger partial charge < -0.3 is 5.32 Å². The summed E-state index contributed by atoms with van der Waals surface area (Å²) >= 11 is 10.8. The van der Waals surface area contributed by atoms with Gasteiger partial charge in [0.15, 0.2) is 5.16 Å². The highest BCUT2D eigenvalue weighted by atomic mass is 79.9. The van der Waals surface area contributed by atoms with Crippen LogP contribution in [0.4, 0.5) is 5.95 Å². The minimum atomic E-state index is 0.200. The van der Waals surface area contributed by atoms with Crippen LogP contribution >= 0.6 is 39.3 Å². The maximum Gasteiger partial charge on any atom is 0.228 e. The number of anilines is 1. The Labute approximate surface area is 129 Å². The largest absolute Gasteiger partial charge is 0.354 e. The van der Waals surface area contributed by atoms with E-state index in [-0.39, 0.29) is 5.28 Å². The lowest BCUT2D eigenvalue weighted by Crippen LogP contribution is -2.06. The predicted molar refractivity (Wildman–Crippen MR) is 81.9 cm³/mol. The predicted octanol–water partition coefficient (Wildman–Crippen LogP) is 4.26. The molecule has 0 aliphatic rings. The third kappa shape index (κ3) is 4.63. The SMILES string of the molecule is CCCNc1nc(Cl)nc(Sc2cccc(Br)c2)n1. The molecule has 0 aliphatic carbocycles. The van der Waals surface area contributed by atoms with E-state index in [4.69, 9.17) is 11.6 Å². The molecule has 0 aliphatic heterocycles. The van der Waals surface area contributed by atoms with Gasteiger partial charge in [-0.1, -0.05) is 28.9 Å². The Balaban J connectivity index is 2.17. The van der Waals surface area contributed by atoms with E-state index in [1.165, 1.54) is 11.8 Å². The zero-order valence-electron chi connectivity index (χ0n) is 10.2. The molecule has 0 unspecified atom stereocenters. The second-order valence-corrected chi connectivity index (χ2v) is 5.99. The van der Waals surface area contributed by atoms with E-state index >= 15 is 0 Å². The number of hydrogen-bond donors (Lipinski definition) is 1. The van der Waals surface area contributed by atoms with Gasteiger partial charge in [-0.25, -0.2) is 0 Å². The van der Waals surface area contributed by atoms with Crippen LogP contribution in [0.5, 0.6) is 0 Å². The van der Waals surface area contributed by atoms with Crippen molar-refractivity contribution in [2.24, 2.45) is 0 Å². The summed E-state index contributed by atoms with van der Waals surface area (Å²) < 4.78 is 1.02. The van der Waals surface area contributed by atoms with Crippen molar-refractivity contribution < 1.29 is 0 Å². The smallest absolute Gasteiger partial charge is 0.228 e. The van der Waals surface area contributed by atoms with Crippen LogP contribution in [-0.4, -0.2) is 21.5 Å². The zero-order chi connectivity index (χ0) is 13.7. The van der Waals surface area contributed by atoms with Gasteiger partial charge in [-0.05, 0) is 48.0 Å². The molecule has 1 aromatic carbocycles. The fourth-order valence-corrected chi connectivity index (χ4v) is 2.90. The summed E-state index contributed by atoms with van der Waals surface area (Å²) in [6, 6.07) is 7.93. The molecule has 100 valence electrons. The summed E-state index contributed by atoms with van der Waals surface area (Å²) in [5.74, 6) is 0.513. The van der Waals surface area contributed by atoms with Crippen LogP contribution in [0.2, 0.25) is 5.28 Å². The van der Waals surface area contributed by atoms with Crippen LogP contribution in [-0.2, 0) is 0 Å². The minimum absolute atomic E-state index is 0.200. The minimum Gasteiger partial charge on any atom is -0.354 e. The summed E-state index contributed by atoms with van der Waals surface area (Å²) in [6.45, 7) is 2.88. The Hall–Kier alpha value is -0.850. The van der Waals surface area contributed by atoms with Crippen molar-refractivity contribution in [1.29, 1.82) is 0 Å². The normalized spacial score (nSPS) is 10.5. The molecule has 1 N–H and O–H groups in total. The van der Waals surface area contributed by atoms with E-state index in [1.54, 1.807) is 0 Å². The molecule has 0 atom stereocenters. The molecule has 0 amide bonds. The van der Waals surface area contributed by atoms with Gasteiger partial charge in [0.2, 0.25) is 11.2 Å². The van der Waals surface area contributed by atoms with E-state index in [1.807, 2.05) is 24.3 Å². The molecule has 4 nitrogen and oxygen atoms in total. The summed E-state index contributed by atoms with van der Waals surface area (Å²) in [5, 5.41) is 3.88. The first-order chi connectivity index (χ1) is 9.17. The molecule has 0 fully saturated rings. The van der Waals surface area contributed by atoms with Gasteiger partial charge in [0.1, 0.15) is 0 Å². The van der Waals surface area contributed by atoms with E-state index in [2.05, 4.69) is 43.1 Å². The quantitative estimate of drug-likeness (QED) is 0.864. The molecule has 0 radical (unpaired) electrons. The number of benzene rings is 1. The molecular weight excluding hydrogens is 348 g/mol. The number of nitrogens with zero attached hydrogens (tertiary/aromatic N) is 3. The highest BCUT2D eigenvalue weighted by molar-refractivity contribution is 9.10. The van der Waals surface area contributed by atoms with Crippen molar-refractivity contribution >= 4 is 45.2 Å². The average molecular weight is 360 g/mol. The van der Waals surface area contributed by atoms with Crippen LogP contribution in [0.25, 0.3) is 0 Å². The zero-order valence-corrected chi connectivity index (χ0v) is 13.4. The lowest BCUT2D eigenvalue weighted by molar-refractivity contribution is 0.878. The molecule has 1 heterocycles. The summed E-state index contributed by atoms with van der Waals surface area (Å²) in [5.41, 5.74) is 0. The first-order valence-electron chi connectivity index (χ1n) is 5.76. The summed E-state index contributed by atoms with van der Waals surface area (Å²) in [7, 11) is 0. The van der Waals surface area contributed by atoms with E-state index in [0.29, 0.717) is 11.1 Å². The number of hydrogen-bond acceptors (Lipinski definition) is 5. The lowest BCUT2D eigenvalue weighted by Gasteiger charge is -2.05. The summed E-state index contributed by atoms with van der Waals surface area (Å²) in [4.78, 5) is 13.5. The number of aromatic nitrogens is 3. The number of halogens is 2. The van der Waals surface area contributed by atoms with Gasteiger partial charge in [-0.15, -0.1) is 0 Å². The molecular formula is C12H12BrClN4S. The van der Waals surface area contributed by atoms with Crippen LogP contribution < -0.4 is 5.32 Å². The fourth-order valence-electron chi connectivity index (χ4n) is 1.33. The Bertz CT molecular complexity index is 567. The first kappa shape index (κ1) is 14.6. The molecule has 0 bridgehead atoms. The van der Waals surface area contributed by atoms with Gasteiger partial charge in [0.05, 0.1) is 0 Å². The summed E-state index contributed by atoms with van der Waals surface area (Å²) in [6.07, 6.45) is 0.997. The second kappa shape index (κ2) is 7.07. The van der Waals surface area contributed by atoms with Gasteiger partial charge in [-0.3, -0.25) is 0 Å². The van der Waals surface area contributed by atoms with Crippen molar-refractivity contribution in [3.8, 4) is 0 Å². The average Bonchev–Trinajstić information content (AvgIpc) is 2.35. The van der Waals surface area contributed by atoms with Crippen molar-refractivity contribution in [2.45, 2.75) is 23.4 Å². The van der Waals surface area contributed by atoms with Crippen molar-refractivity contribution in [1.82, 2.24) is 15.0 Å². The van der Waals surface area contributed by atoms with Gasteiger partial charge >= 0.3 is 0 Å². The molecule has 2 aromatic rings. The van der Waals surface area contributed by atoms with Crippen LogP contribution in [0.15, 0.2) is 38.8 Å². The third-order valence-corrected chi connectivity index (χ3v) is 3.64. The molecule has 0 saturated carbocycles. The third-order valence-electron chi connectivity index (χ3n) is 2.13. The molecule has 1 aromatic heterocycles. The van der Waals surface area contributed by atoms with E-state index in [9.17, 15) is 0 Å². The van der Waals surface area contributed by atoms with E-state index in [0.717, 1.165) is 22.3 Å². The van der Waals surface area contributed by atoms with Crippen molar-refractivity contribution in [2.75, 3.05) is 11.9 Å². The molecule has 19 heavy (non-hydrogen) atoms. The Morgan fingerprint density at radius 2 is 2.16 bits per heavy atom. The molecule has 2 rings (SSSR count). The van der Waals surface area contributed by atoms with Crippen molar-refractivity contribution in [3.05, 3.63) is 34.0 Å². The molecule has 0 spiro atoms. The monoisotopic (exact) mass is 358 g/mol. The Kier molecular flexibility index (Phi) is 5.42. The number of nitrogens with one attached hydrogen (secondary N) is 1. The van der Waals surface area contributed by atoms with Crippen LogP contribution in [0.1, 0.15) is 13.3 Å². The van der Waals surface area contributed by atoms with Gasteiger partial charge in [-0.2, -0.15) is 15.0 Å². The van der Waals surface area contributed by atoms with Crippen LogP contribution in [0, 0.1) is 0 Å². The Morgan fingerprint density at radius 3 is 2.89 bits per heavy atom. The molecule has 7 heteroatoms. The Morgan fingerprint density at radius 1 is 1.32 bits per heavy atom. The standard InChI is InChI=1S/C12H12BrClN4S/c1-2-6-15-11-16-10(14)17-12(18-11)19-9-5-3-4-8(13)7-9/h3-5,7H,2,6H2,1H3,(H,15,16,17,18). The van der Waals surface area contributed by atoms with Gasteiger partial charge in [0, 0.05) is 15.9 Å². The second-order valence-electron chi connectivity index (χ2n) is 3.70. The maximum absolute atomic E-state index is 5.90. The topological polar surface area (TPSA) is 50.7 Å². The number of rotatable bonds is 5. The van der Waals surface area contributed by atoms with Crippen molar-refractivity contribution in [3.63, 3.8) is 0 Å². The fraction of sp³-hybridized carbons (Fsp3) is 0.250. The maximum atomic E-state index is 5.90. The lowest BCUT2D eigenvalue weighted by atomic mass is 10.4. The molecule has 0 saturated heterocycles. The van der Waals surface area contributed by atoms with Crippen LogP contribution in [0.3, 0.4) is 0 Å². The first-order valence-corrected chi connectivity index (χ1v) is 7.75. The highest BCUT2D eigenvalue weighted by Gasteiger charge is 2.06. The highest BCUT2D eigenvalue weighted by Crippen LogP contribution is 2.27. The van der Waals surface area contributed by atoms with E-state index < -0.39 is 0 Å². The van der Waals surface area contributed by atoms with Gasteiger partial charge in [0.25, 0.3) is 0 Å².